The highest BCUT2D eigenvalue weighted by Gasteiger charge is 2.43. The number of rotatable bonds is 4. The minimum atomic E-state index is -0.625. The lowest BCUT2D eigenvalue weighted by Crippen LogP contribution is -2.53. The van der Waals surface area contributed by atoms with Crippen LogP contribution in [-0.4, -0.2) is 42.6 Å². The highest BCUT2D eigenvalue weighted by molar-refractivity contribution is 7.17. The van der Waals surface area contributed by atoms with Crippen LogP contribution in [0, 0.1) is 0 Å². The van der Waals surface area contributed by atoms with Crippen molar-refractivity contribution in [3.63, 3.8) is 0 Å². The molecule has 0 atom stereocenters. The molecule has 0 saturated heterocycles. The molecule has 9 heteroatoms. The first-order chi connectivity index (χ1) is 12.0. The molecule has 3 aromatic rings. The number of aromatic nitrogens is 4. The van der Waals surface area contributed by atoms with E-state index in [0.29, 0.717) is 22.8 Å². The first kappa shape index (κ1) is 16.2. The lowest BCUT2D eigenvalue weighted by Gasteiger charge is -2.35. The van der Waals surface area contributed by atoms with Crippen LogP contribution in [-0.2, 0) is 18.4 Å². The molecule has 132 valence electrons. The quantitative estimate of drug-likeness (QED) is 0.744. The first-order valence-corrected chi connectivity index (χ1v) is 9.15. The Kier molecular flexibility index (Phi) is 3.66. The number of carbonyl (C=O) groups excluding carboxylic acids is 1. The molecule has 0 aromatic carbocycles. The maximum Gasteiger partial charge on any atom is 0.272 e. The molecule has 1 amide bonds. The summed E-state index contributed by atoms with van der Waals surface area (Å²) in [5.41, 5.74) is 5.83. The van der Waals surface area contributed by atoms with Crippen LogP contribution in [0.2, 0.25) is 0 Å². The van der Waals surface area contributed by atoms with Gasteiger partial charge in [0.25, 0.3) is 5.56 Å². The van der Waals surface area contributed by atoms with Gasteiger partial charge in [-0.2, -0.15) is 0 Å². The molecule has 8 nitrogen and oxygen atoms in total. The number of fused-ring (bicyclic) bond motifs is 3. The van der Waals surface area contributed by atoms with Gasteiger partial charge < -0.3 is 5.73 Å². The number of hydrogen-bond acceptors (Lipinski definition) is 6. The third-order valence-corrected chi connectivity index (χ3v) is 6.29. The summed E-state index contributed by atoms with van der Waals surface area (Å²) in [5.74, 6) is 0.914. The second-order valence-corrected chi connectivity index (χ2v) is 7.63. The van der Waals surface area contributed by atoms with Gasteiger partial charge >= 0.3 is 0 Å². The Morgan fingerprint density at radius 3 is 2.80 bits per heavy atom. The molecule has 0 bridgehead atoms. The van der Waals surface area contributed by atoms with Crippen LogP contribution in [0.5, 0.6) is 0 Å². The van der Waals surface area contributed by atoms with Crippen LogP contribution in [0.15, 0.2) is 16.2 Å². The Balaban J connectivity index is 1.83. The van der Waals surface area contributed by atoms with Crippen LogP contribution in [0.4, 0.5) is 0 Å². The van der Waals surface area contributed by atoms with Crippen molar-refractivity contribution >= 4 is 33.2 Å². The molecular weight excluding hydrogens is 340 g/mol. The van der Waals surface area contributed by atoms with Crippen LogP contribution in [0.25, 0.3) is 16.0 Å². The second-order valence-electron chi connectivity index (χ2n) is 6.71. The molecule has 3 aromatic heterocycles. The van der Waals surface area contributed by atoms with Crippen molar-refractivity contribution in [1.82, 2.24) is 24.1 Å². The van der Waals surface area contributed by atoms with Crippen LogP contribution in [0.3, 0.4) is 0 Å². The Morgan fingerprint density at radius 2 is 2.12 bits per heavy atom. The van der Waals surface area contributed by atoms with Gasteiger partial charge in [0.2, 0.25) is 11.7 Å². The maximum atomic E-state index is 12.4. The third-order valence-electron chi connectivity index (χ3n) is 5.40. The SMILES string of the molecule is CN(Cc1nnc2n(C)c(=O)c3sccc3n12)C1(C(N)=O)CCCC1. The number of nitrogens with two attached hydrogens (primary N) is 1. The van der Waals surface area contributed by atoms with Crippen LogP contribution >= 0.6 is 11.3 Å². The lowest BCUT2D eigenvalue weighted by atomic mass is 9.94. The van der Waals surface area contributed by atoms with Crippen molar-refractivity contribution in [2.24, 2.45) is 12.8 Å². The van der Waals surface area contributed by atoms with Crippen molar-refractivity contribution in [1.29, 1.82) is 0 Å². The summed E-state index contributed by atoms with van der Waals surface area (Å²) in [5, 5.41) is 10.4. The lowest BCUT2D eigenvalue weighted by molar-refractivity contribution is -0.129. The summed E-state index contributed by atoms with van der Waals surface area (Å²) >= 11 is 1.41. The fraction of sp³-hybridized carbons (Fsp3) is 0.500. The number of carbonyl (C=O) groups is 1. The minimum Gasteiger partial charge on any atom is -0.368 e. The minimum absolute atomic E-state index is 0.0748. The highest BCUT2D eigenvalue weighted by Crippen LogP contribution is 2.35. The van der Waals surface area contributed by atoms with Gasteiger partial charge in [-0.1, -0.05) is 12.8 Å². The zero-order chi connectivity index (χ0) is 17.8. The Labute approximate surface area is 147 Å². The predicted octanol–water partition coefficient (Wildman–Crippen LogP) is 0.873. The Morgan fingerprint density at radius 1 is 1.40 bits per heavy atom. The standard InChI is InChI=1S/C16H20N6O2S/c1-20(16(14(17)24)6-3-4-7-16)9-11-18-19-15-21(2)13(23)12-10(22(11)15)5-8-25-12/h5,8H,3-4,6-7,9H2,1-2H3,(H2,17,24). The fourth-order valence-corrected chi connectivity index (χ4v) is 4.75. The number of likely N-dealkylation sites (N-methyl/N-ethyl adjacent to an activating group) is 1. The normalized spacial score (nSPS) is 17.1. The predicted molar refractivity (Wildman–Crippen MR) is 95.5 cm³/mol. The monoisotopic (exact) mass is 360 g/mol. The molecular formula is C16H20N6O2S. The number of hydrogen-bond donors (Lipinski definition) is 1. The van der Waals surface area contributed by atoms with E-state index < -0.39 is 5.54 Å². The maximum absolute atomic E-state index is 12.4. The van der Waals surface area contributed by atoms with Gasteiger partial charge in [0.1, 0.15) is 10.2 Å². The summed E-state index contributed by atoms with van der Waals surface area (Å²) < 4.78 is 4.08. The number of nitrogens with zero attached hydrogens (tertiary/aromatic N) is 5. The van der Waals surface area contributed by atoms with E-state index in [4.69, 9.17) is 5.73 Å². The van der Waals surface area contributed by atoms with E-state index in [2.05, 4.69) is 10.2 Å². The van der Waals surface area contributed by atoms with Gasteiger partial charge in [0.05, 0.1) is 12.1 Å². The molecule has 0 aliphatic heterocycles. The van der Waals surface area contributed by atoms with E-state index in [9.17, 15) is 9.59 Å². The average Bonchev–Trinajstić information content (AvgIpc) is 3.30. The zero-order valence-electron chi connectivity index (χ0n) is 14.2. The number of aryl methyl sites for hydroxylation is 1. The number of thiophene rings is 1. The summed E-state index contributed by atoms with van der Waals surface area (Å²) in [6, 6.07) is 1.90. The first-order valence-electron chi connectivity index (χ1n) is 8.27. The van der Waals surface area contributed by atoms with Gasteiger partial charge in [-0.15, -0.1) is 21.5 Å². The van der Waals surface area contributed by atoms with E-state index >= 15 is 0 Å². The molecule has 0 unspecified atom stereocenters. The highest BCUT2D eigenvalue weighted by atomic mass is 32.1. The number of amides is 1. The molecule has 4 rings (SSSR count). The average molecular weight is 360 g/mol. The van der Waals surface area contributed by atoms with Crippen LogP contribution in [0.1, 0.15) is 31.5 Å². The molecule has 2 N–H and O–H groups in total. The van der Waals surface area contributed by atoms with E-state index in [0.717, 1.165) is 31.2 Å². The Bertz CT molecular complexity index is 1030. The molecule has 25 heavy (non-hydrogen) atoms. The summed E-state index contributed by atoms with van der Waals surface area (Å²) in [7, 11) is 3.60. The molecule has 3 heterocycles. The van der Waals surface area contributed by atoms with Crippen molar-refractivity contribution < 1.29 is 4.79 Å². The van der Waals surface area contributed by atoms with Gasteiger partial charge in [0.15, 0.2) is 5.82 Å². The van der Waals surface area contributed by atoms with Crippen molar-refractivity contribution in [2.45, 2.75) is 37.8 Å². The largest absolute Gasteiger partial charge is 0.368 e. The van der Waals surface area contributed by atoms with Crippen LogP contribution < -0.4 is 11.3 Å². The van der Waals surface area contributed by atoms with E-state index in [1.807, 2.05) is 27.8 Å². The summed E-state index contributed by atoms with van der Waals surface area (Å²) in [4.78, 5) is 26.5. The third kappa shape index (κ3) is 2.22. The zero-order valence-corrected chi connectivity index (χ0v) is 15.0. The van der Waals surface area contributed by atoms with Gasteiger partial charge in [-0.05, 0) is 31.3 Å². The summed E-state index contributed by atoms with van der Waals surface area (Å²) in [6.07, 6.45) is 3.53. The summed E-state index contributed by atoms with van der Waals surface area (Å²) in [6.45, 7) is 0.438. The van der Waals surface area contributed by atoms with Crippen molar-refractivity contribution in [3.8, 4) is 0 Å². The van der Waals surface area contributed by atoms with E-state index in [1.54, 1.807) is 7.05 Å². The molecule has 1 aliphatic rings. The van der Waals surface area contributed by atoms with Gasteiger partial charge in [-0.3, -0.25) is 23.5 Å². The molecule has 1 fully saturated rings. The molecule has 1 aliphatic carbocycles. The topological polar surface area (TPSA) is 98.5 Å². The van der Waals surface area contributed by atoms with E-state index in [1.165, 1.54) is 15.9 Å². The fourth-order valence-electron chi connectivity index (χ4n) is 3.89. The Hall–Kier alpha value is -2.26. The van der Waals surface area contributed by atoms with E-state index in [-0.39, 0.29) is 11.5 Å². The molecule has 1 saturated carbocycles. The van der Waals surface area contributed by atoms with Gasteiger partial charge in [-0.25, -0.2) is 0 Å². The molecule has 0 radical (unpaired) electrons. The smallest absolute Gasteiger partial charge is 0.272 e. The van der Waals surface area contributed by atoms with Crippen molar-refractivity contribution in [3.05, 3.63) is 27.6 Å². The molecule has 0 spiro atoms. The van der Waals surface area contributed by atoms with Gasteiger partial charge in [0, 0.05) is 7.05 Å². The van der Waals surface area contributed by atoms with Crippen molar-refractivity contribution in [2.75, 3.05) is 7.05 Å². The second kappa shape index (κ2) is 5.63. The number of primary amides is 1.